The minimum atomic E-state index is -4.23. The van der Waals surface area contributed by atoms with Crippen LogP contribution in [0.2, 0.25) is 0 Å². The number of anilines is 1. The van der Waals surface area contributed by atoms with E-state index in [2.05, 4.69) is 24.5 Å². The molecule has 0 amide bonds. The molecule has 14 heteroatoms. The Morgan fingerprint density at radius 3 is 2.81 bits per heavy atom. The monoisotopic (exact) mass is 466 g/mol. The maximum atomic E-state index is 11.0. The standard InChI is InChI=1S/C18H22N6O7S/c1-29-11-4-2-3-10(5-11)6-20-16-13-17(22-8-21-16)24(9-23-13)18-15(26)14(25)12(31-18)7-30-32(19,27)28/h2-5,8-9,12,14-15,18,25-26H,6-7H2,1H3,(H2,19,27,28)(H,20,21,22)/t12-,14-,15-,18-/m1/s1. The third-order valence-electron chi connectivity index (χ3n) is 4.96. The summed E-state index contributed by atoms with van der Waals surface area (Å²) in [5.74, 6) is 1.19. The number of aliphatic hydroxyl groups excluding tert-OH is 2. The number of nitrogens with zero attached hydrogens (tertiary/aromatic N) is 4. The number of benzene rings is 1. The molecule has 0 saturated carbocycles. The Hall–Kier alpha value is -2.88. The van der Waals surface area contributed by atoms with Crippen LogP contribution in [0.3, 0.4) is 0 Å². The van der Waals surface area contributed by atoms with Gasteiger partial charge in [0.15, 0.2) is 23.2 Å². The highest BCUT2D eigenvalue weighted by Crippen LogP contribution is 2.32. The van der Waals surface area contributed by atoms with Crippen LogP contribution in [0.1, 0.15) is 11.8 Å². The Morgan fingerprint density at radius 2 is 2.06 bits per heavy atom. The van der Waals surface area contributed by atoms with E-state index in [1.54, 1.807) is 7.11 Å². The molecule has 5 N–H and O–H groups in total. The summed E-state index contributed by atoms with van der Waals surface area (Å²) < 4.78 is 38.8. The normalized spacial score (nSPS) is 23.5. The molecule has 1 saturated heterocycles. The van der Waals surface area contributed by atoms with Crippen molar-refractivity contribution in [3.05, 3.63) is 42.5 Å². The van der Waals surface area contributed by atoms with Crippen LogP contribution in [0.4, 0.5) is 5.82 Å². The first-order chi connectivity index (χ1) is 15.3. The Balaban J connectivity index is 1.53. The lowest BCUT2D eigenvalue weighted by Gasteiger charge is -2.16. The average molecular weight is 466 g/mol. The number of aromatic nitrogens is 4. The first-order valence-corrected chi connectivity index (χ1v) is 11.0. The number of fused-ring (bicyclic) bond motifs is 1. The molecule has 1 aliphatic rings. The second-order valence-corrected chi connectivity index (χ2v) is 8.30. The van der Waals surface area contributed by atoms with Crippen LogP contribution < -0.4 is 15.2 Å². The minimum Gasteiger partial charge on any atom is -0.497 e. The van der Waals surface area contributed by atoms with Crippen molar-refractivity contribution >= 4 is 27.3 Å². The summed E-state index contributed by atoms with van der Waals surface area (Å²) in [4.78, 5) is 12.7. The van der Waals surface area contributed by atoms with Crippen LogP contribution in [0.25, 0.3) is 11.2 Å². The number of rotatable bonds is 8. The van der Waals surface area contributed by atoms with Crippen molar-refractivity contribution in [1.82, 2.24) is 19.5 Å². The quantitative estimate of drug-likeness (QED) is 0.329. The maximum Gasteiger partial charge on any atom is 0.333 e. The molecule has 32 heavy (non-hydrogen) atoms. The van der Waals surface area contributed by atoms with Crippen LogP contribution in [-0.4, -0.2) is 70.2 Å². The average Bonchev–Trinajstić information content (AvgIpc) is 3.32. The second kappa shape index (κ2) is 8.93. The van der Waals surface area contributed by atoms with E-state index in [-0.39, 0.29) is 0 Å². The Morgan fingerprint density at radius 1 is 1.25 bits per heavy atom. The topological polar surface area (TPSA) is 184 Å². The van der Waals surface area contributed by atoms with Gasteiger partial charge in [-0.3, -0.25) is 8.75 Å². The van der Waals surface area contributed by atoms with Crippen molar-refractivity contribution in [3.8, 4) is 5.75 Å². The zero-order valence-corrected chi connectivity index (χ0v) is 17.7. The zero-order chi connectivity index (χ0) is 22.9. The Bertz CT molecular complexity index is 1200. The van der Waals surface area contributed by atoms with Gasteiger partial charge in [-0.2, -0.15) is 8.42 Å². The van der Waals surface area contributed by atoms with Crippen molar-refractivity contribution in [2.75, 3.05) is 19.0 Å². The summed E-state index contributed by atoms with van der Waals surface area (Å²) in [6.45, 7) is -0.104. The summed E-state index contributed by atoms with van der Waals surface area (Å²) in [5, 5.41) is 28.6. The van der Waals surface area contributed by atoms with Crippen molar-refractivity contribution in [2.24, 2.45) is 5.14 Å². The van der Waals surface area contributed by atoms with E-state index in [1.807, 2.05) is 24.3 Å². The molecule has 1 fully saturated rings. The number of hydrogen-bond donors (Lipinski definition) is 4. The van der Waals surface area contributed by atoms with Crippen molar-refractivity contribution in [2.45, 2.75) is 31.1 Å². The SMILES string of the molecule is COc1cccc(CNc2ncnc3c2ncn3[C@@H]2O[C@H](COS(N)(=O)=O)[C@@H](O)[C@H]2O)c1. The molecule has 4 atom stereocenters. The molecular formula is C18H22N6O7S. The molecule has 13 nitrogen and oxygen atoms in total. The van der Waals surface area contributed by atoms with Gasteiger partial charge in [0.2, 0.25) is 0 Å². The number of nitrogens with two attached hydrogens (primary N) is 1. The predicted octanol–water partition coefficient (Wildman–Crippen LogP) is -0.714. The van der Waals surface area contributed by atoms with Crippen LogP contribution in [0.5, 0.6) is 5.75 Å². The van der Waals surface area contributed by atoms with Gasteiger partial charge in [-0.1, -0.05) is 12.1 Å². The van der Waals surface area contributed by atoms with Crippen LogP contribution in [0, 0.1) is 0 Å². The van der Waals surface area contributed by atoms with E-state index in [4.69, 9.17) is 14.6 Å². The van der Waals surface area contributed by atoms with Gasteiger partial charge in [0, 0.05) is 6.54 Å². The van der Waals surface area contributed by atoms with E-state index in [1.165, 1.54) is 17.2 Å². The molecule has 0 aliphatic carbocycles. The van der Waals surface area contributed by atoms with Crippen molar-refractivity contribution in [1.29, 1.82) is 0 Å². The minimum absolute atomic E-state index is 0.345. The van der Waals surface area contributed by atoms with E-state index < -0.39 is 41.5 Å². The second-order valence-electron chi connectivity index (χ2n) is 7.08. The summed E-state index contributed by atoms with van der Waals surface area (Å²) >= 11 is 0. The Labute approximate surface area is 183 Å². The number of imidazole rings is 1. The summed E-state index contributed by atoms with van der Waals surface area (Å²) in [6.07, 6.45) is -2.28. The number of nitrogens with one attached hydrogen (secondary N) is 1. The van der Waals surface area contributed by atoms with Gasteiger partial charge in [-0.25, -0.2) is 20.1 Å². The lowest BCUT2D eigenvalue weighted by Crippen LogP contribution is -2.35. The number of ether oxygens (including phenoxy) is 2. The lowest BCUT2D eigenvalue weighted by molar-refractivity contribution is -0.0467. The fourth-order valence-corrected chi connectivity index (χ4v) is 3.72. The first-order valence-electron chi connectivity index (χ1n) is 9.50. The molecule has 0 radical (unpaired) electrons. The van der Waals surface area contributed by atoms with Gasteiger partial charge >= 0.3 is 10.3 Å². The molecule has 3 aromatic rings. The third-order valence-corrected chi connectivity index (χ3v) is 5.43. The molecular weight excluding hydrogens is 444 g/mol. The molecule has 0 unspecified atom stereocenters. The molecule has 0 spiro atoms. The van der Waals surface area contributed by atoms with Crippen LogP contribution in [-0.2, 0) is 25.8 Å². The van der Waals surface area contributed by atoms with Gasteiger partial charge < -0.3 is 25.0 Å². The zero-order valence-electron chi connectivity index (χ0n) is 16.9. The van der Waals surface area contributed by atoms with E-state index in [0.29, 0.717) is 23.5 Å². The van der Waals surface area contributed by atoms with Gasteiger partial charge in [-0.15, -0.1) is 0 Å². The van der Waals surface area contributed by atoms with Crippen molar-refractivity contribution < 1.29 is 32.3 Å². The van der Waals surface area contributed by atoms with Gasteiger partial charge in [0.25, 0.3) is 0 Å². The van der Waals surface area contributed by atoms with Crippen molar-refractivity contribution in [3.63, 3.8) is 0 Å². The number of methoxy groups -OCH3 is 1. The smallest absolute Gasteiger partial charge is 0.333 e. The van der Waals surface area contributed by atoms with Crippen LogP contribution in [0.15, 0.2) is 36.9 Å². The molecule has 0 bridgehead atoms. The van der Waals surface area contributed by atoms with Crippen LogP contribution >= 0.6 is 0 Å². The molecule has 1 aromatic carbocycles. The van der Waals surface area contributed by atoms with E-state index >= 15 is 0 Å². The molecule has 1 aliphatic heterocycles. The summed E-state index contributed by atoms with van der Waals surface area (Å²) in [7, 11) is -2.63. The van der Waals surface area contributed by atoms with Gasteiger partial charge in [0.05, 0.1) is 20.0 Å². The molecule has 172 valence electrons. The van der Waals surface area contributed by atoms with Gasteiger partial charge in [-0.05, 0) is 17.7 Å². The Kier molecular flexibility index (Phi) is 6.23. The van der Waals surface area contributed by atoms with E-state index in [9.17, 15) is 18.6 Å². The lowest BCUT2D eigenvalue weighted by atomic mass is 10.1. The predicted molar refractivity (Wildman–Crippen MR) is 111 cm³/mol. The summed E-state index contributed by atoms with van der Waals surface area (Å²) in [6, 6.07) is 7.54. The highest BCUT2D eigenvalue weighted by Gasteiger charge is 2.45. The maximum absolute atomic E-state index is 11.0. The largest absolute Gasteiger partial charge is 0.497 e. The number of hydrogen-bond acceptors (Lipinski definition) is 11. The first kappa shape index (κ1) is 22.3. The summed E-state index contributed by atoms with van der Waals surface area (Å²) in [5.41, 5.74) is 1.73. The molecule has 2 aromatic heterocycles. The number of aliphatic hydroxyl groups is 2. The molecule has 3 heterocycles. The highest BCUT2D eigenvalue weighted by molar-refractivity contribution is 7.84. The molecule has 4 rings (SSSR count). The third kappa shape index (κ3) is 4.64. The highest BCUT2D eigenvalue weighted by atomic mass is 32.2. The van der Waals surface area contributed by atoms with E-state index in [0.717, 1.165) is 11.3 Å². The fourth-order valence-electron chi connectivity index (χ4n) is 3.39. The van der Waals surface area contributed by atoms with Gasteiger partial charge in [0.1, 0.15) is 30.4 Å². The fraction of sp³-hybridized carbons (Fsp3) is 0.389.